The molecule has 1 heterocycles. The first-order chi connectivity index (χ1) is 9.96. The molecule has 0 bridgehead atoms. The third-order valence-corrected chi connectivity index (χ3v) is 3.83. The molecule has 21 heavy (non-hydrogen) atoms. The van der Waals surface area contributed by atoms with Crippen LogP contribution in [0.4, 0.5) is 5.69 Å². The predicted molar refractivity (Wildman–Crippen MR) is 83.9 cm³/mol. The van der Waals surface area contributed by atoms with Crippen molar-refractivity contribution in [2.75, 3.05) is 12.8 Å². The van der Waals surface area contributed by atoms with Gasteiger partial charge in [0, 0.05) is 5.02 Å². The van der Waals surface area contributed by atoms with Gasteiger partial charge in [0.15, 0.2) is 5.75 Å². The molecule has 2 aromatic rings. The Bertz CT molecular complexity index is 744. The lowest BCUT2D eigenvalue weighted by molar-refractivity contribution is 0.394. The number of aromatic nitrogens is 1. The average Bonchev–Trinajstić information content (AvgIpc) is 2.46. The second kappa shape index (κ2) is 6.20. The van der Waals surface area contributed by atoms with Crippen LogP contribution >= 0.6 is 27.5 Å². The number of halogens is 2. The Labute approximate surface area is 135 Å². The van der Waals surface area contributed by atoms with Gasteiger partial charge < -0.3 is 15.2 Å². The van der Waals surface area contributed by atoms with Crippen LogP contribution < -0.4 is 15.2 Å². The van der Waals surface area contributed by atoms with E-state index in [1.807, 2.05) is 6.07 Å². The maximum absolute atomic E-state index is 8.96. The zero-order chi connectivity index (χ0) is 15.6. The highest BCUT2D eigenvalue weighted by Crippen LogP contribution is 2.41. The van der Waals surface area contributed by atoms with E-state index >= 15 is 0 Å². The molecular formula is C14H11BrClN3O2. The summed E-state index contributed by atoms with van der Waals surface area (Å²) >= 11 is 9.34. The lowest BCUT2D eigenvalue weighted by Crippen LogP contribution is -2.02. The highest BCUT2D eigenvalue weighted by Gasteiger charge is 2.17. The molecule has 0 amide bonds. The number of pyridine rings is 1. The summed E-state index contributed by atoms with van der Waals surface area (Å²) in [4.78, 5) is 4.19. The number of anilines is 1. The molecule has 1 aromatic heterocycles. The van der Waals surface area contributed by atoms with Crippen LogP contribution in [0.2, 0.25) is 5.02 Å². The Morgan fingerprint density at radius 3 is 2.71 bits per heavy atom. The van der Waals surface area contributed by atoms with Crippen molar-refractivity contribution in [3.05, 3.63) is 39.0 Å². The normalized spacial score (nSPS) is 10.0. The van der Waals surface area contributed by atoms with Crippen molar-refractivity contribution in [3.63, 3.8) is 0 Å². The fraction of sp³-hybridized carbons (Fsp3) is 0.143. The maximum atomic E-state index is 8.96. The van der Waals surface area contributed by atoms with Crippen molar-refractivity contribution in [1.82, 2.24) is 4.98 Å². The molecule has 2 rings (SSSR count). The van der Waals surface area contributed by atoms with E-state index < -0.39 is 0 Å². The molecule has 0 aliphatic rings. The fourth-order valence-electron chi connectivity index (χ4n) is 1.70. The summed E-state index contributed by atoms with van der Waals surface area (Å²) in [7, 11) is 1.48. The second-order valence-corrected chi connectivity index (χ2v) is 5.38. The number of ether oxygens (including phenoxy) is 2. The fourth-order valence-corrected chi connectivity index (χ4v) is 2.31. The van der Waals surface area contributed by atoms with Gasteiger partial charge in [0.05, 0.1) is 28.9 Å². The first-order valence-electron chi connectivity index (χ1n) is 5.84. The maximum Gasteiger partial charge on any atom is 0.241 e. The van der Waals surface area contributed by atoms with E-state index in [-0.39, 0.29) is 11.6 Å². The first-order valence-corrected chi connectivity index (χ1v) is 7.01. The van der Waals surface area contributed by atoms with Crippen LogP contribution in [0.25, 0.3) is 0 Å². The van der Waals surface area contributed by atoms with E-state index in [9.17, 15) is 0 Å². The first kappa shape index (κ1) is 15.4. The molecule has 2 N–H and O–H groups in total. The quantitative estimate of drug-likeness (QED) is 0.883. The topological polar surface area (TPSA) is 81.2 Å². The Kier molecular flexibility index (Phi) is 4.56. The molecule has 0 aliphatic carbocycles. The number of nitrogen functional groups attached to an aromatic ring is 1. The Morgan fingerprint density at radius 1 is 1.38 bits per heavy atom. The van der Waals surface area contributed by atoms with E-state index in [2.05, 4.69) is 20.9 Å². The van der Waals surface area contributed by atoms with Gasteiger partial charge in [-0.3, -0.25) is 0 Å². The molecule has 108 valence electrons. The van der Waals surface area contributed by atoms with Gasteiger partial charge in [-0.15, -0.1) is 0 Å². The monoisotopic (exact) mass is 367 g/mol. The van der Waals surface area contributed by atoms with Gasteiger partial charge in [0.1, 0.15) is 11.4 Å². The van der Waals surface area contributed by atoms with Crippen molar-refractivity contribution >= 4 is 33.2 Å². The number of aryl methyl sites for hydroxylation is 1. The highest BCUT2D eigenvalue weighted by molar-refractivity contribution is 9.10. The highest BCUT2D eigenvalue weighted by atomic mass is 79.9. The molecule has 0 saturated heterocycles. The van der Waals surface area contributed by atoms with E-state index in [1.165, 1.54) is 7.11 Å². The minimum atomic E-state index is 0.258. The molecule has 0 spiro atoms. The van der Waals surface area contributed by atoms with Crippen LogP contribution in [-0.2, 0) is 0 Å². The SMILES string of the molecule is COc1nc(C)c(Br)c(Oc2cc(Cl)cc(C#N)c2)c1N. The van der Waals surface area contributed by atoms with E-state index in [0.717, 1.165) is 0 Å². The van der Waals surface area contributed by atoms with E-state index in [4.69, 9.17) is 32.1 Å². The van der Waals surface area contributed by atoms with Crippen molar-refractivity contribution in [2.24, 2.45) is 0 Å². The Hall–Kier alpha value is -1.97. The van der Waals surface area contributed by atoms with Crippen molar-refractivity contribution in [3.8, 4) is 23.4 Å². The molecular weight excluding hydrogens is 358 g/mol. The smallest absolute Gasteiger partial charge is 0.241 e. The summed E-state index contributed by atoms with van der Waals surface area (Å²) in [6.07, 6.45) is 0. The molecule has 7 heteroatoms. The van der Waals surface area contributed by atoms with Crippen molar-refractivity contribution in [1.29, 1.82) is 5.26 Å². The summed E-state index contributed by atoms with van der Waals surface area (Å²) in [6, 6.07) is 6.72. The number of nitriles is 1. The lowest BCUT2D eigenvalue weighted by Gasteiger charge is -2.14. The molecule has 0 radical (unpaired) electrons. The Balaban J connectivity index is 2.52. The molecule has 0 atom stereocenters. The number of benzene rings is 1. The number of nitrogens with two attached hydrogens (primary N) is 1. The average molecular weight is 369 g/mol. The van der Waals surface area contributed by atoms with Gasteiger partial charge >= 0.3 is 0 Å². The van der Waals surface area contributed by atoms with Crippen molar-refractivity contribution < 1.29 is 9.47 Å². The summed E-state index contributed by atoms with van der Waals surface area (Å²) in [5.41, 5.74) is 7.30. The van der Waals surface area contributed by atoms with Crippen LogP contribution in [-0.4, -0.2) is 12.1 Å². The van der Waals surface area contributed by atoms with Gasteiger partial charge in [-0.2, -0.15) is 5.26 Å². The zero-order valence-corrected chi connectivity index (χ0v) is 13.6. The zero-order valence-electron chi connectivity index (χ0n) is 11.3. The predicted octanol–water partition coefficient (Wildman–Crippen LogP) is 4.06. The van der Waals surface area contributed by atoms with Crippen molar-refractivity contribution in [2.45, 2.75) is 6.92 Å². The molecule has 1 aromatic carbocycles. The van der Waals surface area contributed by atoms with E-state index in [1.54, 1.807) is 25.1 Å². The number of methoxy groups -OCH3 is 1. The molecule has 0 aliphatic heterocycles. The minimum absolute atomic E-state index is 0.258. The molecule has 0 unspecified atom stereocenters. The van der Waals surface area contributed by atoms with Crippen LogP contribution in [0.1, 0.15) is 11.3 Å². The number of rotatable bonds is 3. The van der Waals surface area contributed by atoms with Gasteiger partial charge in [-0.05, 0) is 41.1 Å². The number of hydrogen-bond acceptors (Lipinski definition) is 5. The summed E-state index contributed by atoms with van der Waals surface area (Å²) in [5.74, 6) is 1.04. The standard InChI is InChI=1S/C14H11BrClN3O2/c1-7-11(15)13(12(18)14(19-7)20-2)21-10-4-8(6-17)3-9(16)5-10/h3-5H,18H2,1-2H3. The third kappa shape index (κ3) is 3.20. The molecule has 5 nitrogen and oxygen atoms in total. The van der Waals surface area contributed by atoms with Crippen LogP contribution in [0.5, 0.6) is 17.4 Å². The third-order valence-electron chi connectivity index (χ3n) is 2.67. The molecule has 0 saturated carbocycles. The van der Waals surface area contributed by atoms with Gasteiger partial charge in [-0.1, -0.05) is 11.6 Å². The van der Waals surface area contributed by atoms with Gasteiger partial charge in [0.25, 0.3) is 0 Å². The van der Waals surface area contributed by atoms with Crippen LogP contribution in [0, 0.1) is 18.3 Å². The van der Waals surface area contributed by atoms with E-state index in [0.29, 0.717) is 32.3 Å². The second-order valence-electron chi connectivity index (χ2n) is 4.15. The van der Waals surface area contributed by atoms with Gasteiger partial charge in [-0.25, -0.2) is 4.98 Å². The van der Waals surface area contributed by atoms with Crippen LogP contribution in [0.15, 0.2) is 22.7 Å². The van der Waals surface area contributed by atoms with Gasteiger partial charge in [0.2, 0.25) is 5.88 Å². The summed E-state index contributed by atoms with van der Waals surface area (Å²) in [6.45, 7) is 1.79. The minimum Gasteiger partial charge on any atom is -0.479 e. The Morgan fingerprint density at radius 2 is 2.10 bits per heavy atom. The summed E-state index contributed by atoms with van der Waals surface area (Å²) < 4.78 is 11.5. The summed E-state index contributed by atoms with van der Waals surface area (Å²) in [5, 5.41) is 9.36. The number of nitrogens with zero attached hydrogens (tertiary/aromatic N) is 2. The lowest BCUT2D eigenvalue weighted by atomic mass is 10.2. The number of hydrogen-bond donors (Lipinski definition) is 1. The largest absolute Gasteiger partial charge is 0.479 e. The molecule has 0 fully saturated rings. The van der Waals surface area contributed by atoms with Crippen LogP contribution in [0.3, 0.4) is 0 Å².